The van der Waals surface area contributed by atoms with Crippen molar-refractivity contribution < 1.29 is 26.7 Å². The van der Waals surface area contributed by atoms with Gasteiger partial charge in [-0.2, -0.15) is 0 Å². The number of carboxylic acids is 1. The second-order valence-electron chi connectivity index (χ2n) is 2.76. The average Bonchev–Trinajstić information content (AvgIpc) is 2.04. The van der Waals surface area contributed by atoms with Gasteiger partial charge >= 0.3 is 5.97 Å². The highest BCUT2D eigenvalue weighted by atomic mass is 35.5. The normalized spacial score (nSPS) is 11.6. The number of carbonyl (C=O) groups is 1. The summed E-state index contributed by atoms with van der Waals surface area (Å²) in [5.41, 5.74) is 6.17. The van der Waals surface area contributed by atoms with Crippen LogP contribution in [0.3, 0.4) is 0 Å². The molecule has 0 amide bonds. The first-order valence-electron chi connectivity index (χ1n) is 3.82. The molecule has 0 spiro atoms. The third-order valence-corrected chi connectivity index (χ3v) is 1.69. The summed E-state index contributed by atoms with van der Waals surface area (Å²) in [4.78, 5) is 10.3. The van der Waals surface area contributed by atoms with Crippen LogP contribution in [0.2, 0.25) is 0 Å². The van der Waals surface area contributed by atoms with E-state index in [1.807, 2.05) is 0 Å². The fourth-order valence-electron chi connectivity index (χ4n) is 1.02. The summed E-state index contributed by atoms with van der Waals surface area (Å²) < 4.78 is 12.5. The largest absolute Gasteiger partial charge is 1.00 e. The molecule has 0 fully saturated rings. The van der Waals surface area contributed by atoms with Gasteiger partial charge in [0.15, 0.2) is 0 Å². The van der Waals surface area contributed by atoms with E-state index in [2.05, 4.69) is 0 Å². The fraction of sp³-hybridized carbons (Fsp3) is 0.222. The molecule has 0 aliphatic rings. The zero-order valence-electron chi connectivity index (χ0n) is 7.28. The average molecular weight is 219 g/mol. The van der Waals surface area contributed by atoms with Crippen LogP contribution >= 0.6 is 0 Å². The van der Waals surface area contributed by atoms with E-state index in [1.165, 1.54) is 24.3 Å². The monoisotopic (exact) mass is 218 g/mol. The summed E-state index contributed by atoms with van der Waals surface area (Å²) >= 11 is 0. The molecule has 0 aromatic heterocycles. The second-order valence-corrected chi connectivity index (χ2v) is 2.76. The van der Waals surface area contributed by atoms with Gasteiger partial charge in [0.05, 0.1) is 6.42 Å². The first kappa shape index (κ1) is 12.9. The van der Waals surface area contributed by atoms with Gasteiger partial charge in [0.25, 0.3) is 0 Å². The topological polar surface area (TPSA) is 63.3 Å². The Bertz CT molecular complexity index is 302. The molecule has 3 nitrogen and oxygen atoms in total. The van der Waals surface area contributed by atoms with Gasteiger partial charge in [0, 0.05) is 6.04 Å². The van der Waals surface area contributed by atoms with Crippen LogP contribution < -0.4 is 18.1 Å². The number of rotatable bonds is 3. The molecule has 0 aliphatic heterocycles. The lowest BCUT2D eigenvalue weighted by Crippen LogP contribution is -3.00. The quantitative estimate of drug-likeness (QED) is 0.636. The second kappa shape index (κ2) is 5.57. The predicted octanol–water partition coefficient (Wildman–Crippen LogP) is -1.70. The molecule has 0 saturated carbocycles. The van der Waals surface area contributed by atoms with Gasteiger partial charge in [-0.3, -0.25) is 4.79 Å². The zero-order chi connectivity index (χ0) is 9.84. The summed E-state index contributed by atoms with van der Waals surface area (Å²) in [7, 11) is 0. The molecule has 14 heavy (non-hydrogen) atoms. The fourth-order valence-corrected chi connectivity index (χ4v) is 1.02. The van der Waals surface area contributed by atoms with Gasteiger partial charge in [-0.25, -0.2) is 4.39 Å². The van der Waals surface area contributed by atoms with Crippen molar-refractivity contribution in [2.45, 2.75) is 12.5 Å². The summed E-state index contributed by atoms with van der Waals surface area (Å²) in [6.07, 6.45) is -0.147. The standard InChI is InChI=1S/C9H10FNO2.ClH/c10-7-3-1-6(2-4-7)8(11)5-9(12)13;/h1-4,8H,5,11H2,(H,12,13);1H/p-1. The highest BCUT2D eigenvalue weighted by Crippen LogP contribution is 2.13. The highest BCUT2D eigenvalue weighted by molar-refractivity contribution is 5.67. The van der Waals surface area contributed by atoms with Crippen LogP contribution in [0.5, 0.6) is 0 Å². The Kier molecular flexibility index (Phi) is 5.12. The summed E-state index contributed by atoms with van der Waals surface area (Å²) in [5.74, 6) is -1.32. The highest BCUT2D eigenvalue weighted by Gasteiger charge is 2.09. The Morgan fingerprint density at radius 2 is 1.93 bits per heavy atom. The molecule has 0 saturated heterocycles. The smallest absolute Gasteiger partial charge is 0.305 e. The first-order valence-corrected chi connectivity index (χ1v) is 3.82. The van der Waals surface area contributed by atoms with Gasteiger partial charge in [-0.1, -0.05) is 12.1 Å². The van der Waals surface area contributed by atoms with Crippen LogP contribution in [0.4, 0.5) is 4.39 Å². The van der Waals surface area contributed by atoms with Crippen LogP contribution in [0.1, 0.15) is 18.0 Å². The first-order chi connectivity index (χ1) is 6.09. The maximum absolute atomic E-state index is 12.5. The minimum Gasteiger partial charge on any atom is -1.00 e. The number of nitrogens with two attached hydrogens (primary N) is 1. The van der Waals surface area contributed by atoms with Gasteiger partial charge in [-0.15, -0.1) is 0 Å². The minimum absolute atomic E-state index is 0. The maximum atomic E-state index is 12.5. The molecule has 0 aliphatic carbocycles. The van der Waals surface area contributed by atoms with E-state index >= 15 is 0 Å². The van der Waals surface area contributed by atoms with Crippen molar-refractivity contribution in [3.63, 3.8) is 0 Å². The molecule has 78 valence electrons. The molecule has 1 atom stereocenters. The number of aliphatic carboxylic acids is 1. The lowest BCUT2D eigenvalue weighted by atomic mass is 10.1. The molecule has 0 radical (unpaired) electrons. The molecule has 0 bridgehead atoms. The Morgan fingerprint density at radius 3 is 2.36 bits per heavy atom. The molecule has 5 heteroatoms. The number of hydrogen-bond acceptors (Lipinski definition) is 2. The molecular formula is C9H10ClFNO2-. The Labute approximate surface area is 87.1 Å². The van der Waals surface area contributed by atoms with E-state index in [-0.39, 0.29) is 24.6 Å². The summed E-state index contributed by atoms with van der Waals surface area (Å²) in [5, 5.41) is 8.45. The third kappa shape index (κ3) is 3.72. The molecule has 1 rings (SSSR count). The number of halogens is 2. The van der Waals surface area contributed by atoms with Gasteiger partial charge in [-0.05, 0) is 17.7 Å². The maximum Gasteiger partial charge on any atom is 0.305 e. The number of benzene rings is 1. The van der Waals surface area contributed by atoms with E-state index in [9.17, 15) is 9.18 Å². The minimum atomic E-state index is -0.961. The molecule has 1 unspecified atom stereocenters. The molecule has 0 heterocycles. The molecule has 1 aromatic carbocycles. The van der Waals surface area contributed by atoms with Crippen LogP contribution in [0, 0.1) is 5.82 Å². The Hall–Kier alpha value is -1.13. The van der Waals surface area contributed by atoms with Gasteiger partial charge in [0.1, 0.15) is 5.82 Å². The van der Waals surface area contributed by atoms with Crippen molar-refractivity contribution in [2.75, 3.05) is 0 Å². The lowest BCUT2D eigenvalue weighted by molar-refractivity contribution is -0.137. The number of hydrogen-bond donors (Lipinski definition) is 2. The molecule has 3 N–H and O–H groups in total. The van der Waals surface area contributed by atoms with Crippen LogP contribution in [0.25, 0.3) is 0 Å². The van der Waals surface area contributed by atoms with Crippen molar-refractivity contribution in [2.24, 2.45) is 5.73 Å². The number of carboxylic acid groups (broad SMARTS) is 1. The van der Waals surface area contributed by atoms with Gasteiger partial charge < -0.3 is 23.2 Å². The van der Waals surface area contributed by atoms with E-state index < -0.39 is 12.0 Å². The third-order valence-electron chi connectivity index (χ3n) is 1.69. The van der Waals surface area contributed by atoms with Crippen LogP contribution in [-0.4, -0.2) is 11.1 Å². The van der Waals surface area contributed by atoms with Crippen molar-refractivity contribution in [3.8, 4) is 0 Å². The summed E-state index contributed by atoms with van der Waals surface area (Å²) in [6.45, 7) is 0. The van der Waals surface area contributed by atoms with E-state index in [1.54, 1.807) is 0 Å². The van der Waals surface area contributed by atoms with E-state index in [0.717, 1.165) is 0 Å². The van der Waals surface area contributed by atoms with E-state index in [0.29, 0.717) is 5.56 Å². The van der Waals surface area contributed by atoms with Crippen LogP contribution in [-0.2, 0) is 4.79 Å². The lowest BCUT2D eigenvalue weighted by Gasteiger charge is -2.08. The predicted molar refractivity (Wildman–Crippen MR) is 45.6 cm³/mol. The van der Waals surface area contributed by atoms with Gasteiger partial charge in [0.2, 0.25) is 0 Å². The van der Waals surface area contributed by atoms with Crippen molar-refractivity contribution in [3.05, 3.63) is 35.6 Å². The van der Waals surface area contributed by atoms with Crippen LogP contribution in [0.15, 0.2) is 24.3 Å². The zero-order valence-corrected chi connectivity index (χ0v) is 8.04. The van der Waals surface area contributed by atoms with Crippen molar-refractivity contribution in [1.82, 2.24) is 0 Å². The van der Waals surface area contributed by atoms with E-state index in [4.69, 9.17) is 10.8 Å². The SMILES string of the molecule is NC(CC(=O)O)c1ccc(F)cc1.[Cl-]. The van der Waals surface area contributed by atoms with Crippen molar-refractivity contribution in [1.29, 1.82) is 0 Å². The molecular weight excluding hydrogens is 209 g/mol. The Balaban J connectivity index is 0.00000169. The van der Waals surface area contributed by atoms with Crippen molar-refractivity contribution >= 4 is 5.97 Å². The Morgan fingerprint density at radius 1 is 1.43 bits per heavy atom. The summed E-state index contributed by atoms with van der Waals surface area (Å²) in [6, 6.07) is 4.93. The molecule has 1 aromatic rings.